The highest BCUT2D eigenvalue weighted by atomic mass is 79.9. The van der Waals surface area contributed by atoms with E-state index < -0.39 is 0 Å². The molecule has 182 valence electrons. The van der Waals surface area contributed by atoms with E-state index in [1.165, 1.54) is 0 Å². The van der Waals surface area contributed by atoms with Gasteiger partial charge in [0.1, 0.15) is 0 Å². The van der Waals surface area contributed by atoms with Crippen LogP contribution in [0.5, 0.6) is 23.0 Å². The van der Waals surface area contributed by atoms with Gasteiger partial charge in [0.25, 0.3) is 0 Å². The van der Waals surface area contributed by atoms with Crippen LogP contribution >= 0.6 is 31.9 Å². The molecule has 0 unspecified atom stereocenters. The fourth-order valence-electron chi connectivity index (χ4n) is 3.69. The summed E-state index contributed by atoms with van der Waals surface area (Å²) in [6.45, 7) is 7.86. The number of methoxy groups -OCH3 is 2. The Morgan fingerprint density at radius 3 is 1.41 bits per heavy atom. The zero-order chi connectivity index (χ0) is 25.0. The maximum atomic E-state index is 13.2. The van der Waals surface area contributed by atoms with Gasteiger partial charge >= 0.3 is 0 Å². The van der Waals surface area contributed by atoms with Crippen LogP contribution < -0.4 is 18.9 Å². The molecule has 34 heavy (non-hydrogen) atoms. The van der Waals surface area contributed by atoms with Gasteiger partial charge in [-0.25, -0.2) is 0 Å². The van der Waals surface area contributed by atoms with Crippen LogP contribution in [0.4, 0.5) is 0 Å². The standard InChI is InChI=1S/C27H30Br2O5/c1-15(2)33-25-13-21(28)19(11-23(25)31-5)9-17-7-8-18(27(17)30)10-20-12-24(32-6)26(14-22(20)29)34-16(3)4/h9-16H,7-8H2,1-6H3/b17-9+,18-10+. The van der Waals surface area contributed by atoms with Crippen molar-refractivity contribution in [3.8, 4) is 23.0 Å². The summed E-state index contributed by atoms with van der Waals surface area (Å²) in [5.41, 5.74) is 3.26. The molecule has 0 N–H and O–H groups in total. The van der Waals surface area contributed by atoms with Gasteiger partial charge in [0, 0.05) is 20.1 Å². The summed E-state index contributed by atoms with van der Waals surface area (Å²) in [5.74, 6) is 2.62. The van der Waals surface area contributed by atoms with Crippen molar-refractivity contribution in [1.29, 1.82) is 0 Å². The minimum Gasteiger partial charge on any atom is -0.493 e. The molecule has 1 aliphatic rings. The molecule has 0 amide bonds. The number of carbonyl (C=O) groups excluding carboxylic acids is 1. The van der Waals surface area contributed by atoms with E-state index in [0.717, 1.165) is 31.2 Å². The second-order valence-electron chi connectivity index (χ2n) is 8.55. The topological polar surface area (TPSA) is 54.0 Å². The van der Waals surface area contributed by atoms with Gasteiger partial charge in [-0.05, 0) is 88.1 Å². The highest BCUT2D eigenvalue weighted by Crippen LogP contribution is 2.39. The van der Waals surface area contributed by atoms with Gasteiger partial charge in [0.2, 0.25) is 0 Å². The zero-order valence-corrected chi connectivity index (χ0v) is 23.5. The minimum absolute atomic E-state index is 0.0260. The Balaban J connectivity index is 1.90. The van der Waals surface area contributed by atoms with Gasteiger partial charge in [-0.3, -0.25) is 4.79 Å². The largest absolute Gasteiger partial charge is 0.493 e. The number of ether oxygens (including phenoxy) is 4. The third kappa shape index (κ3) is 6.25. The first-order chi connectivity index (χ1) is 16.1. The quantitative estimate of drug-likeness (QED) is 0.294. The molecule has 1 aliphatic carbocycles. The van der Waals surface area contributed by atoms with Crippen LogP contribution in [-0.4, -0.2) is 32.2 Å². The van der Waals surface area contributed by atoms with Crippen LogP contribution in [0, 0.1) is 0 Å². The normalized spacial score (nSPS) is 16.1. The van der Waals surface area contributed by atoms with Gasteiger partial charge in [0.05, 0.1) is 26.4 Å². The summed E-state index contributed by atoms with van der Waals surface area (Å²) in [6.07, 6.45) is 5.24. The first-order valence-corrected chi connectivity index (χ1v) is 12.8. The van der Waals surface area contributed by atoms with Crippen molar-refractivity contribution in [1.82, 2.24) is 0 Å². The Morgan fingerprint density at radius 2 is 1.09 bits per heavy atom. The average Bonchev–Trinajstić information content (AvgIpc) is 3.10. The van der Waals surface area contributed by atoms with E-state index in [4.69, 9.17) is 18.9 Å². The van der Waals surface area contributed by atoms with E-state index in [-0.39, 0.29) is 18.0 Å². The lowest BCUT2D eigenvalue weighted by molar-refractivity contribution is -0.111. The predicted octanol–water partition coefficient (Wildman–Crippen LogP) is 7.63. The van der Waals surface area contributed by atoms with Crippen LogP contribution in [0.1, 0.15) is 51.7 Å². The lowest BCUT2D eigenvalue weighted by Gasteiger charge is -2.15. The molecule has 0 radical (unpaired) electrons. The summed E-state index contributed by atoms with van der Waals surface area (Å²) in [5, 5.41) is 0. The second kappa shape index (κ2) is 11.5. The molecule has 0 heterocycles. The SMILES string of the molecule is COc1cc(/C=C2\CC/C(=C\c3cc(OC)c(OC(C)C)cc3Br)C2=O)c(Br)cc1OC(C)C. The van der Waals surface area contributed by atoms with Gasteiger partial charge in [-0.1, -0.05) is 31.9 Å². The van der Waals surface area contributed by atoms with E-state index in [1.54, 1.807) is 14.2 Å². The van der Waals surface area contributed by atoms with Crippen molar-refractivity contribution in [3.05, 3.63) is 55.5 Å². The van der Waals surface area contributed by atoms with Gasteiger partial charge in [-0.15, -0.1) is 0 Å². The molecular formula is C27H30Br2O5. The van der Waals surface area contributed by atoms with Crippen molar-refractivity contribution in [2.45, 2.75) is 52.7 Å². The summed E-state index contributed by atoms with van der Waals surface area (Å²) in [6, 6.07) is 7.54. The molecule has 0 saturated heterocycles. The van der Waals surface area contributed by atoms with Gasteiger partial charge in [0.15, 0.2) is 28.8 Å². The molecule has 0 aliphatic heterocycles. The van der Waals surface area contributed by atoms with Crippen molar-refractivity contribution in [2.75, 3.05) is 14.2 Å². The van der Waals surface area contributed by atoms with Crippen LogP contribution in [0.2, 0.25) is 0 Å². The Hall–Kier alpha value is -2.25. The van der Waals surface area contributed by atoms with Gasteiger partial charge in [-0.2, -0.15) is 0 Å². The fourth-order valence-corrected chi connectivity index (χ4v) is 4.56. The number of rotatable bonds is 8. The maximum absolute atomic E-state index is 13.2. The summed E-state index contributed by atoms with van der Waals surface area (Å²) in [4.78, 5) is 13.2. The van der Waals surface area contributed by atoms with Crippen molar-refractivity contribution in [2.24, 2.45) is 0 Å². The Morgan fingerprint density at radius 1 is 0.706 bits per heavy atom. The number of ketones is 1. The Labute approximate surface area is 218 Å². The van der Waals surface area contributed by atoms with Crippen molar-refractivity contribution >= 4 is 49.8 Å². The lowest BCUT2D eigenvalue weighted by Crippen LogP contribution is -2.07. The molecule has 0 spiro atoms. The molecule has 1 saturated carbocycles. The average molecular weight is 594 g/mol. The van der Waals surface area contributed by atoms with Crippen LogP contribution in [0.3, 0.4) is 0 Å². The molecule has 0 bridgehead atoms. The number of hydrogen-bond acceptors (Lipinski definition) is 5. The summed E-state index contributed by atoms with van der Waals surface area (Å²) >= 11 is 7.22. The van der Waals surface area contributed by atoms with Crippen molar-refractivity contribution in [3.63, 3.8) is 0 Å². The Kier molecular flexibility index (Phi) is 8.88. The fraction of sp³-hybridized carbons (Fsp3) is 0.370. The molecule has 7 heteroatoms. The monoisotopic (exact) mass is 592 g/mol. The molecule has 0 atom stereocenters. The van der Waals surface area contributed by atoms with Crippen molar-refractivity contribution < 1.29 is 23.7 Å². The van der Waals surface area contributed by atoms with Crippen LogP contribution in [0.25, 0.3) is 12.2 Å². The highest BCUT2D eigenvalue weighted by molar-refractivity contribution is 9.10. The molecule has 3 rings (SSSR count). The van der Waals surface area contributed by atoms with Crippen LogP contribution in [-0.2, 0) is 4.79 Å². The third-order valence-electron chi connectivity index (χ3n) is 5.20. The van der Waals surface area contributed by atoms with E-state index in [1.807, 2.05) is 64.1 Å². The first kappa shape index (κ1) is 26.4. The first-order valence-electron chi connectivity index (χ1n) is 11.2. The molecule has 2 aromatic rings. The summed E-state index contributed by atoms with van der Waals surface area (Å²) < 4.78 is 24.4. The number of benzene rings is 2. The number of halogens is 2. The van der Waals surface area contributed by atoms with Gasteiger partial charge < -0.3 is 18.9 Å². The number of carbonyl (C=O) groups is 1. The van der Waals surface area contributed by atoms with E-state index in [2.05, 4.69) is 31.9 Å². The Bertz CT molecular complexity index is 1040. The molecule has 5 nitrogen and oxygen atoms in total. The zero-order valence-electron chi connectivity index (χ0n) is 20.3. The summed E-state index contributed by atoms with van der Waals surface area (Å²) in [7, 11) is 3.22. The number of Topliss-reactive ketones (excluding diaryl/α,β-unsaturated/α-hetero) is 1. The smallest absolute Gasteiger partial charge is 0.185 e. The van der Waals surface area contributed by atoms with E-state index in [0.29, 0.717) is 35.8 Å². The maximum Gasteiger partial charge on any atom is 0.185 e. The molecule has 0 aromatic heterocycles. The second-order valence-corrected chi connectivity index (χ2v) is 10.3. The number of hydrogen-bond donors (Lipinski definition) is 0. The minimum atomic E-state index is 0.0260. The number of allylic oxidation sites excluding steroid dienone is 2. The molecule has 2 aromatic carbocycles. The highest BCUT2D eigenvalue weighted by Gasteiger charge is 2.24. The lowest BCUT2D eigenvalue weighted by atomic mass is 10.1. The van der Waals surface area contributed by atoms with E-state index >= 15 is 0 Å². The molecule has 1 fully saturated rings. The van der Waals surface area contributed by atoms with E-state index in [9.17, 15) is 4.79 Å². The third-order valence-corrected chi connectivity index (χ3v) is 6.57. The predicted molar refractivity (Wildman–Crippen MR) is 143 cm³/mol. The van der Waals surface area contributed by atoms with Crippen LogP contribution in [0.15, 0.2) is 44.4 Å². The molecular weight excluding hydrogens is 564 g/mol.